The van der Waals surface area contributed by atoms with Crippen molar-refractivity contribution < 1.29 is 4.79 Å². The lowest BCUT2D eigenvalue weighted by Crippen LogP contribution is -2.48. The summed E-state index contributed by atoms with van der Waals surface area (Å²) in [6, 6.07) is 20.5. The molecule has 1 aromatic heterocycles. The summed E-state index contributed by atoms with van der Waals surface area (Å²) >= 11 is 0. The number of H-pyrrole nitrogens is 1. The number of rotatable bonds is 3. The van der Waals surface area contributed by atoms with Crippen molar-refractivity contribution in [1.29, 1.82) is 0 Å². The van der Waals surface area contributed by atoms with Crippen molar-refractivity contribution in [1.82, 2.24) is 14.8 Å². The fourth-order valence-corrected chi connectivity index (χ4v) is 3.31. The Kier molecular flexibility index (Phi) is 4.05. The number of carbonyl (C=O) groups excluding carboxylic acids is 1. The van der Waals surface area contributed by atoms with Crippen LogP contribution in [0.2, 0.25) is 0 Å². The van der Waals surface area contributed by atoms with E-state index in [1.807, 2.05) is 41.3 Å². The highest BCUT2D eigenvalue weighted by Gasteiger charge is 2.23. The van der Waals surface area contributed by atoms with E-state index >= 15 is 0 Å². The molecule has 1 aliphatic heterocycles. The van der Waals surface area contributed by atoms with Gasteiger partial charge in [-0.2, -0.15) is 0 Å². The first-order valence-electron chi connectivity index (χ1n) is 8.43. The van der Waals surface area contributed by atoms with Gasteiger partial charge in [0.15, 0.2) is 0 Å². The lowest BCUT2D eigenvalue weighted by atomic mass is 10.2. The molecule has 1 saturated heterocycles. The number of piperazine rings is 1. The van der Waals surface area contributed by atoms with Crippen molar-refractivity contribution in [3.8, 4) is 0 Å². The normalized spacial score (nSPS) is 15.8. The summed E-state index contributed by atoms with van der Waals surface area (Å²) in [5, 5.41) is 1.09. The van der Waals surface area contributed by atoms with E-state index < -0.39 is 0 Å². The zero-order valence-corrected chi connectivity index (χ0v) is 13.6. The lowest BCUT2D eigenvalue weighted by molar-refractivity contribution is 0.0623. The Bertz CT molecular complexity index is 799. The van der Waals surface area contributed by atoms with E-state index in [0.717, 1.165) is 43.6 Å². The highest BCUT2D eigenvalue weighted by Crippen LogP contribution is 2.17. The van der Waals surface area contributed by atoms with Crippen molar-refractivity contribution >= 4 is 16.8 Å². The second kappa shape index (κ2) is 6.49. The maximum Gasteiger partial charge on any atom is 0.270 e. The summed E-state index contributed by atoms with van der Waals surface area (Å²) in [4.78, 5) is 20.3. The van der Waals surface area contributed by atoms with Crippen LogP contribution in [-0.4, -0.2) is 46.9 Å². The number of aromatic nitrogens is 1. The molecule has 1 N–H and O–H groups in total. The number of nitrogens with zero attached hydrogens (tertiary/aromatic N) is 2. The Morgan fingerprint density at radius 3 is 2.38 bits per heavy atom. The molecular formula is C20H21N3O. The van der Waals surface area contributed by atoms with Gasteiger partial charge in [0.1, 0.15) is 5.69 Å². The molecule has 3 aromatic rings. The molecule has 4 nitrogen and oxygen atoms in total. The number of hydrogen-bond donors (Lipinski definition) is 1. The fraction of sp³-hybridized carbons (Fsp3) is 0.250. The van der Waals surface area contributed by atoms with Gasteiger partial charge in [-0.05, 0) is 17.7 Å². The van der Waals surface area contributed by atoms with E-state index in [9.17, 15) is 4.79 Å². The van der Waals surface area contributed by atoms with Gasteiger partial charge in [-0.1, -0.05) is 48.5 Å². The molecule has 24 heavy (non-hydrogen) atoms. The van der Waals surface area contributed by atoms with Crippen LogP contribution in [0.3, 0.4) is 0 Å². The maximum atomic E-state index is 12.7. The van der Waals surface area contributed by atoms with Gasteiger partial charge in [0.2, 0.25) is 0 Å². The van der Waals surface area contributed by atoms with Gasteiger partial charge in [-0.3, -0.25) is 9.69 Å². The molecule has 0 aliphatic carbocycles. The first-order valence-corrected chi connectivity index (χ1v) is 8.43. The number of benzene rings is 2. The molecule has 0 atom stereocenters. The number of fused-ring (bicyclic) bond motifs is 1. The van der Waals surface area contributed by atoms with Crippen molar-refractivity contribution in [3.05, 3.63) is 71.9 Å². The monoisotopic (exact) mass is 319 g/mol. The fourth-order valence-electron chi connectivity index (χ4n) is 3.31. The number of para-hydroxylation sites is 1. The average Bonchev–Trinajstić information content (AvgIpc) is 3.07. The van der Waals surface area contributed by atoms with Gasteiger partial charge >= 0.3 is 0 Å². The molecule has 4 heteroatoms. The minimum atomic E-state index is 0.102. The standard InChI is InChI=1S/C20H21N3O/c24-20(19-14-17-8-4-5-9-18(17)21-19)23-12-10-22(11-13-23)15-16-6-2-1-3-7-16/h1-9,14,21H,10-13,15H2. The van der Waals surface area contributed by atoms with Crippen LogP contribution in [0, 0.1) is 0 Å². The van der Waals surface area contributed by atoms with Crippen LogP contribution in [0.1, 0.15) is 16.1 Å². The highest BCUT2D eigenvalue weighted by molar-refractivity contribution is 5.98. The van der Waals surface area contributed by atoms with E-state index in [4.69, 9.17) is 0 Å². The predicted molar refractivity (Wildman–Crippen MR) is 95.9 cm³/mol. The molecule has 1 fully saturated rings. The highest BCUT2D eigenvalue weighted by atomic mass is 16.2. The molecule has 4 rings (SSSR count). The SMILES string of the molecule is O=C(c1cc2ccccc2[nH]1)N1CCN(Cc2ccccc2)CC1. The number of amides is 1. The average molecular weight is 319 g/mol. The Balaban J connectivity index is 1.39. The third-order valence-corrected chi connectivity index (χ3v) is 4.67. The molecule has 0 bridgehead atoms. The Morgan fingerprint density at radius 1 is 0.917 bits per heavy atom. The van der Waals surface area contributed by atoms with Crippen LogP contribution in [0.25, 0.3) is 10.9 Å². The van der Waals surface area contributed by atoms with E-state index in [2.05, 4.69) is 34.1 Å². The molecule has 0 radical (unpaired) electrons. The molecule has 0 saturated carbocycles. The molecule has 2 aromatic carbocycles. The molecule has 1 aliphatic rings. The molecule has 0 unspecified atom stereocenters. The Labute approximate surface area is 141 Å². The summed E-state index contributed by atoms with van der Waals surface area (Å²) in [7, 11) is 0. The summed E-state index contributed by atoms with van der Waals surface area (Å²) in [5.41, 5.74) is 3.03. The maximum absolute atomic E-state index is 12.7. The summed E-state index contributed by atoms with van der Waals surface area (Å²) in [6.45, 7) is 4.35. The zero-order chi connectivity index (χ0) is 16.4. The van der Waals surface area contributed by atoms with Crippen LogP contribution in [0.15, 0.2) is 60.7 Å². The second-order valence-electron chi connectivity index (χ2n) is 6.32. The number of nitrogens with one attached hydrogen (secondary N) is 1. The largest absolute Gasteiger partial charge is 0.351 e. The lowest BCUT2D eigenvalue weighted by Gasteiger charge is -2.34. The minimum Gasteiger partial charge on any atom is -0.351 e. The number of aromatic amines is 1. The minimum absolute atomic E-state index is 0.102. The van der Waals surface area contributed by atoms with E-state index in [1.165, 1.54) is 5.56 Å². The Morgan fingerprint density at radius 2 is 1.62 bits per heavy atom. The molecule has 122 valence electrons. The number of carbonyl (C=O) groups is 1. The number of hydrogen-bond acceptors (Lipinski definition) is 2. The van der Waals surface area contributed by atoms with Crippen LogP contribution in [0.4, 0.5) is 0 Å². The van der Waals surface area contributed by atoms with E-state index in [1.54, 1.807) is 0 Å². The van der Waals surface area contributed by atoms with Crippen molar-refractivity contribution in [2.24, 2.45) is 0 Å². The predicted octanol–water partition coefficient (Wildman–Crippen LogP) is 3.13. The van der Waals surface area contributed by atoms with E-state index in [0.29, 0.717) is 5.69 Å². The van der Waals surface area contributed by atoms with Crippen molar-refractivity contribution in [2.45, 2.75) is 6.54 Å². The summed E-state index contributed by atoms with van der Waals surface area (Å²) < 4.78 is 0. The third kappa shape index (κ3) is 3.05. The van der Waals surface area contributed by atoms with Crippen molar-refractivity contribution in [2.75, 3.05) is 26.2 Å². The quantitative estimate of drug-likeness (QED) is 0.805. The van der Waals surface area contributed by atoms with Crippen LogP contribution < -0.4 is 0 Å². The molecular weight excluding hydrogens is 298 g/mol. The van der Waals surface area contributed by atoms with Crippen LogP contribution in [-0.2, 0) is 6.54 Å². The smallest absolute Gasteiger partial charge is 0.270 e. The van der Waals surface area contributed by atoms with Crippen molar-refractivity contribution in [3.63, 3.8) is 0 Å². The first-order chi connectivity index (χ1) is 11.8. The molecule has 2 heterocycles. The van der Waals surface area contributed by atoms with Gasteiger partial charge in [-0.15, -0.1) is 0 Å². The van der Waals surface area contributed by atoms with Gasteiger partial charge in [0.05, 0.1) is 0 Å². The zero-order valence-electron chi connectivity index (χ0n) is 13.6. The second-order valence-corrected chi connectivity index (χ2v) is 6.32. The summed E-state index contributed by atoms with van der Waals surface area (Å²) in [5.74, 6) is 0.102. The van der Waals surface area contributed by atoms with Gasteiger partial charge in [-0.25, -0.2) is 0 Å². The summed E-state index contributed by atoms with van der Waals surface area (Å²) in [6.07, 6.45) is 0. The first kappa shape index (κ1) is 15.0. The van der Waals surface area contributed by atoms with E-state index in [-0.39, 0.29) is 5.91 Å². The van der Waals surface area contributed by atoms with Crippen LogP contribution >= 0.6 is 0 Å². The van der Waals surface area contributed by atoms with Gasteiger partial charge in [0.25, 0.3) is 5.91 Å². The topological polar surface area (TPSA) is 39.3 Å². The third-order valence-electron chi connectivity index (χ3n) is 4.67. The Hall–Kier alpha value is -2.59. The molecule has 0 spiro atoms. The molecule has 1 amide bonds. The van der Waals surface area contributed by atoms with Gasteiger partial charge in [0, 0.05) is 43.6 Å². The van der Waals surface area contributed by atoms with Crippen LogP contribution in [0.5, 0.6) is 0 Å². The van der Waals surface area contributed by atoms with Gasteiger partial charge < -0.3 is 9.88 Å².